The van der Waals surface area contributed by atoms with Crippen molar-refractivity contribution in [2.75, 3.05) is 13.7 Å². The largest absolute Gasteiger partial charge is 0.469 e. The molecule has 2 fully saturated rings. The number of hydrazine groups is 1. The van der Waals surface area contributed by atoms with Crippen molar-refractivity contribution in [3.8, 4) is 0 Å². The lowest BCUT2D eigenvalue weighted by Gasteiger charge is -2.33. The number of urea groups is 1. The van der Waals surface area contributed by atoms with E-state index in [0.717, 1.165) is 37.1 Å². The van der Waals surface area contributed by atoms with Gasteiger partial charge in [0.05, 0.1) is 7.11 Å². The zero-order chi connectivity index (χ0) is 19.2. The number of nitrogens with zero attached hydrogens (tertiary/aromatic N) is 1. The fourth-order valence-corrected chi connectivity index (χ4v) is 3.53. The average Bonchev–Trinajstić information content (AvgIpc) is 2.84. The van der Waals surface area contributed by atoms with E-state index in [0.29, 0.717) is 31.7 Å². The van der Waals surface area contributed by atoms with Crippen LogP contribution in [0.25, 0.3) is 0 Å². The van der Waals surface area contributed by atoms with E-state index in [1.165, 1.54) is 7.11 Å². The van der Waals surface area contributed by atoms with Gasteiger partial charge in [-0.1, -0.05) is 13.3 Å². The number of hydrogen-bond acceptors (Lipinski definition) is 5. The van der Waals surface area contributed by atoms with Gasteiger partial charge >= 0.3 is 12.0 Å². The predicted molar refractivity (Wildman–Crippen MR) is 100.0 cm³/mol. The summed E-state index contributed by atoms with van der Waals surface area (Å²) in [5.74, 6) is 0.116. The van der Waals surface area contributed by atoms with E-state index in [-0.39, 0.29) is 17.0 Å². The molecule has 3 amide bonds. The zero-order valence-corrected chi connectivity index (χ0v) is 16.2. The van der Waals surface area contributed by atoms with Gasteiger partial charge < -0.3 is 15.4 Å². The second-order valence-electron chi connectivity index (χ2n) is 7.09. The Hall–Kier alpha value is -1.90. The SMILES string of the molecule is COC(=O)CCCCCNC(=S)NN1C(=O)NC2(CCC(C)CC2)C1=O. The number of unbranched alkanes of at least 4 members (excludes halogenated alkanes) is 2. The molecule has 9 heteroatoms. The minimum Gasteiger partial charge on any atom is -0.469 e. The van der Waals surface area contributed by atoms with Crippen molar-refractivity contribution in [3.05, 3.63) is 0 Å². The highest BCUT2D eigenvalue weighted by atomic mass is 32.1. The topological polar surface area (TPSA) is 99.8 Å². The molecule has 2 rings (SSSR count). The van der Waals surface area contributed by atoms with Gasteiger partial charge in [-0.3, -0.25) is 15.0 Å². The van der Waals surface area contributed by atoms with Crippen LogP contribution < -0.4 is 16.1 Å². The number of carbonyl (C=O) groups excluding carboxylic acids is 3. The van der Waals surface area contributed by atoms with Crippen LogP contribution in [-0.2, 0) is 14.3 Å². The molecular formula is C17H28N4O4S. The van der Waals surface area contributed by atoms with Gasteiger partial charge in [-0.25, -0.2) is 4.79 Å². The third-order valence-corrected chi connectivity index (χ3v) is 5.31. The Morgan fingerprint density at radius 1 is 1.31 bits per heavy atom. The van der Waals surface area contributed by atoms with Gasteiger partial charge in [0.15, 0.2) is 5.11 Å². The van der Waals surface area contributed by atoms with Crippen LogP contribution >= 0.6 is 12.2 Å². The minimum atomic E-state index is -0.778. The molecule has 0 bridgehead atoms. The third kappa shape index (κ3) is 5.06. The van der Waals surface area contributed by atoms with E-state index in [1.54, 1.807) is 0 Å². The van der Waals surface area contributed by atoms with Crippen LogP contribution in [0.1, 0.15) is 58.3 Å². The Labute approximate surface area is 159 Å². The van der Waals surface area contributed by atoms with Crippen molar-refractivity contribution >= 4 is 35.2 Å². The molecule has 0 aromatic heterocycles. The first-order valence-electron chi connectivity index (χ1n) is 9.16. The molecule has 1 spiro atoms. The molecule has 0 atom stereocenters. The number of amides is 3. The van der Waals surface area contributed by atoms with Gasteiger partial charge in [-0.2, -0.15) is 5.01 Å². The third-order valence-electron chi connectivity index (χ3n) is 5.07. The Morgan fingerprint density at radius 3 is 2.65 bits per heavy atom. The maximum absolute atomic E-state index is 12.7. The molecule has 0 aromatic rings. The number of hydrogen-bond donors (Lipinski definition) is 3. The summed E-state index contributed by atoms with van der Waals surface area (Å²) in [6.45, 7) is 2.76. The highest BCUT2D eigenvalue weighted by Crippen LogP contribution is 2.35. The van der Waals surface area contributed by atoms with Crippen LogP contribution in [0.5, 0.6) is 0 Å². The zero-order valence-electron chi connectivity index (χ0n) is 15.4. The first-order valence-corrected chi connectivity index (χ1v) is 9.57. The maximum Gasteiger partial charge on any atom is 0.344 e. The first-order chi connectivity index (χ1) is 12.4. The lowest BCUT2D eigenvalue weighted by atomic mass is 9.77. The Morgan fingerprint density at radius 2 is 2.00 bits per heavy atom. The molecular weight excluding hydrogens is 356 g/mol. The second kappa shape index (κ2) is 9.16. The van der Waals surface area contributed by atoms with Crippen LogP contribution in [0.15, 0.2) is 0 Å². The molecule has 146 valence electrons. The van der Waals surface area contributed by atoms with Gasteiger partial charge in [-0.05, 0) is 56.7 Å². The monoisotopic (exact) mass is 384 g/mol. The summed E-state index contributed by atoms with van der Waals surface area (Å²) in [5, 5.41) is 7.05. The fourth-order valence-electron chi connectivity index (χ4n) is 3.33. The molecule has 3 N–H and O–H groups in total. The van der Waals surface area contributed by atoms with E-state index in [1.807, 2.05) is 0 Å². The van der Waals surface area contributed by atoms with E-state index in [4.69, 9.17) is 12.2 Å². The standard InChI is InChI=1S/C17H28N4O4S/c1-12-7-9-17(10-8-12)14(23)21(16(24)19-17)20-15(26)18-11-5-3-4-6-13(22)25-2/h12H,3-11H2,1-2H3,(H,19,24)(H2,18,20,26). The van der Waals surface area contributed by atoms with Gasteiger partial charge in [0.1, 0.15) is 5.54 Å². The molecule has 0 unspecified atom stereocenters. The maximum atomic E-state index is 12.7. The van der Waals surface area contributed by atoms with E-state index < -0.39 is 11.6 Å². The van der Waals surface area contributed by atoms with Gasteiger partial charge in [0.25, 0.3) is 5.91 Å². The number of rotatable bonds is 7. The summed E-state index contributed by atoms with van der Waals surface area (Å²) in [7, 11) is 1.38. The van der Waals surface area contributed by atoms with Crippen molar-refractivity contribution in [2.45, 2.75) is 63.8 Å². The number of thiocarbonyl (C=S) groups is 1. The van der Waals surface area contributed by atoms with Crippen LogP contribution in [0.2, 0.25) is 0 Å². The number of methoxy groups -OCH3 is 1. The summed E-state index contributed by atoms with van der Waals surface area (Å²) in [6, 6.07) is -0.452. The highest BCUT2D eigenvalue weighted by molar-refractivity contribution is 7.80. The molecule has 26 heavy (non-hydrogen) atoms. The average molecular weight is 385 g/mol. The van der Waals surface area contributed by atoms with Crippen LogP contribution in [0.3, 0.4) is 0 Å². The lowest BCUT2D eigenvalue weighted by molar-refractivity contribution is -0.140. The number of nitrogens with one attached hydrogen (secondary N) is 3. The summed E-state index contributed by atoms with van der Waals surface area (Å²) < 4.78 is 4.58. The molecule has 8 nitrogen and oxygen atoms in total. The fraction of sp³-hybridized carbons (Fsp3) is 0.765. The lowest BCUT2D eigenvalue weighted by Crippen LogP contribution is -2.53. The van der Waals surface area contributed by atoms with Crippen molar-refractivity contribution < 1.29 is 19.1 Å². The molecule has 0 radical (unpaired) electrons. The Bertz CT molecular complexity index is 561. The van der Waals surface area contributed by atoms with Gasteiger partial charge in [-0.15, -0.1) is 0 Å². The van der Waals surface area contributed by atoms with Crippen LogP contribution in [0.4, 0.5) is 4.79 Å². The van der Waals surface area contributed by atoms with E-state index >= 15 is 0 Å². The van der Waals surface area contributed by atoms with Gasteiger partial charge in [0.2, 0.25) is 0 Å². The second-order valence-corrected chi connectivity index (χ2v) is 7.50. The summed E-state index contributed by atoms with van der Waals surface area (Å²) >= 11 is 5.17. The smallest absolute Gasteiger partial charge is 0.344 e. The molecule has 1 heterocycles. The molecule has 1 aliphatic carbocycles. The minimum absolute atomic E-state index is 0.209. The van der Waals surface area contributed by atoms with E-state index in [9.17, 15) is 14.4 Å². The van der Waals surface area contributed by atoms with Crippen molar-refractivity contribution in [3.63, 3.8) is 0 Å². The first kappa shape index (κ1) is 20.4. The Kier molecular flexibility index (Phi) is 7.19. The molecule has 1 aliphatic heterocycles. The Balaban J connectivity index is 1.71. The molecule has 2 aliphatic rings. The van der Waals surface area contributed by atoms with Crippen LogP contribution in [0, 0.1) is 5.92 Å². The highest BCUT2D eigenvalue weighted by Gasteiger charge is 2.52. The predicted octanol–water partition coefficient (Wildman–Crippen LogP) is 1.60. The summed E-state index contributed by atoms with van der Waals surface area (Å²) in [5.41, 5.74) is 1.92. The van der Waals surface area contributed by atoms with Gasteiger partial charge in [0, 0.05) is 13.0 Å². The summed E-state index contributed by atoms with van der Waals surface area (Å²) in [4.78, 5) is 35.9. The van der Waals surface area contributed by atoms with Crippen molar-refractivity contribution in [1.29, 1.82) is 0 Å². The number of imide groups is 1. The molecule has 1 saturated heterocycles. The quantitative estimate of drug-likeness (QED) is 0.265. The van der Waals surface area contributed by atoms with Crippen molar-refractivity contribution in [1.82, 2.24) is 21.1 Å². The molecule has 0 aromatic carbocycles. The summed E-state index contributed by atoms with van der Waals surface area (Å²) in [6.07, 6.45) is 6.01. The number of esters is 1. The molecule has 1 saturated carbocycles. The number of carbonyl (C=O) groups is 3. The van der Waals surface area contributed by atoms with Crippen LogP contribution in [-0.4, -0.2) is 47.2 Å². The number of ether oxygens (including phenoxy) is 1. The van der Waals surface area contributed by atoms with Crippen molar-refractivity contribution in [2.24, 2.45) is 5.92 Å². The van der Waals surface area contributed by atoms with E-state index in [2.05, 4.69) is 27.7 Å². The normalized spacial score (nSPS) is 25.2.